The maximum absolute atomic E-state index is 5.69. The van der Waals surface area contributed by atoms with E-state index in [2.05, 4.69) is 36.2 Å². The highest BCUT2D eigenvalue weighted by molar-refractivity contribution is 4.94. The van der Waals surface area contributed by atoms with Gasteiger partial charge in [0.2, 0.25) is 0 Å². The van der Waals surface area contributed by atoms with Crippen LogP contribution in [0.2, 0.25) is 0 Å². The molecule has 3 unspecified atom stereocenters. The highest BCUT2D eigenvalue weighted by Crippen LogP contribution is 2.25. The Morgan fingerprint density at radius 1 is 1.56 bits per heavy atom. The molecule has 1 saturated heterocycles. The van der Waals surface area contributed by atoms with Gasteiger partial charge in [-0.25, -0.2) is 4.98 Å². The van der Waals surface area contributed by atoms with Gasteiger partial charge < -0.3 is 10.1 Å². The average molecular weight is 252 g/mol. The lowest BCUT2D eigenvalue weighted by atomic mass is 9.91. The third-order valence-electron chi connectivity index (χ3n) is 3.82. The second-order valence-electron chi connectivity index (χ2n) is 4.89. The minimum Gasteiger partial charge on any atom is -0.378 e. The van der Waals surface area contributed by atoms with Crippen LogP contribution in [-0.4, -0.2) is 40.1 Å². The van der Waals surface area contributed by atoms with Gasteiger partial charge in [0.1, 0.15) is 12.2 Å². The summed E-state index contributed by atoms with van der Waals surface area (Å²) < 4.78 is 7.66. The summed E-state index contributed by atoms with van der Waals surface area (Å²) in [5, 5.41) is 7.82. The fourth-order valence-corrected chi connectivity index (χ4v) is 2.82. The second kappa shape index (κ2) is 6.29. The molecule has 0 spiro atoms. The maximum atomic E-state index is 5.69. The zero-order valence-corrected chi connectivity index (χ0v) is 11.6. The van der Waals surface area contributed by atoms with E-state index in [0.29, 0.717) is 18.1 Å². The topological polar surface area (TPSA) is 52.0 Å². The number of nitrogens with zero attached hydrogens (tertiary/aromatic N) is 3. The van der Waals surface area contributed by atoms with Crippen molar-refractivity contribution in [3.8, 4) is 0 Å². The first kappa shape index (κ1) is 13.5. The van der Waals surface area contributed by atoms with Crippen LogP contribution < -0.4 is 5.32 Å². The van der Waals surface area contributed by atoms with Gasteiger partial charge >= 0.3 is 0 Å². The molecule has 5 nitrogen and oxygen atoms in total. The molecule has 1 N–H and O–H groups in total. The molecule has 0 radical (unpaired) electrons. The third kappa shape index (κ3) is 2.90. The lowest BCUT2D eigenvalue weighted by Gasteiger charge is -2.26. The van der Waals surface area contributed by atoms with Crippen molar-refractivity contribution < 1.29 is 4.74 Å². The van der Waals surface area contributed by atoms with Crippen molar-refractivity contribution >= 4 is 0 Å². The number of likely N-dealkylation sites (N-methyl/N-ethyl adjacent to an activating group) is 1. The minimum atomic E-state index is 0.340. The fraction of sp³-hybridized carbons (Fsp3) is 0.846. The summed E-state index contributed by atoms with van der Waals surface area (Å²) >= 11 is 0. The predicted octanol–water partition coefficient (Wildman–Crippen LogP) is 1.24. The van der Waals surface area contributed by atoms with E-state index in [0.717, 1.165) is 38.4 Å². The van der Waals surface area contributed by atoms with Crippen LogP contribution in [0, 0.1) is 5.92 Å². The summed E-state index contributed by atoms with van der Waals surface area (Å²) in [5.74, 6) is 1.65. The summed E-state index contributed by atoms with van der Waals surface area (Å²) in [6.45, 7) is 9.17. The third-order valence-corrected chi connectivity index (χ3v) is 3.82. The molecule has 0 saturated carbocycles. The summed E-state index contributed by atoms with van der Waals surface area (Å²) in [6, 6.07) is 0.432. The van der Waals surface area contributed by atoms with Gasteiger partial charge in [0.15, 0.2) is 0 Å². The number of aryl methyl sites for hydroxylation is 1. The molecule has 18 heavy (non-hydrogen) atoms. The molecular weight excluding hydrogens is 228 g/mol. The average Bonchev–Trinajstić information content (AvgIpc) is 2.97. The van der Waals surface area contributed by atoms with Crippen LogP contribution in [0.1, 0.15) is 33.0 Å². The quantitative estimate of drug-likeness (QED) is 0.827. The summed E-state index contributed by atoms with van der Waals surface area (Å²) in [6.07, 6.45) is 4.06. The summed E-state index contributed by atoms with van der Waals surface area (Å²) in [7, 11) is 0. The highest BCUT2D eigenvalue weighted by Gasteiger charge is 2.32. The molecule has 1 fully saturated rings. The van der Waals surface area contributed by atoms with E-state index < -0.39 is 0 Å². The van der Waals surface area contributed by atoms with Gasteiger partial charge in [0.05, 0.1) is 6.10 Å². The maximum Gasteiger partial charge on any atom is 0.138 e. The zero-order valence-electron chi connectivity index (χ0n) is 11.6. The van der Waals surface area contributed by atoms with E-state index in [1.165, 1.54) is 0 Å². The molecular formula is C13H24N4O. The number of hydrogen-bond donors (Lipinski definition) is 1. The Bertz CT molecular complexity index is 366. The van der Waals surface area contributed by atoms with E-state index >= 15 is 0 Å². The summed E-state index contributed by atoms with van der Waals surface area (Å²) in [4.78, 5) is 4.38. The number of ether oxygens (including phenoxy) is 1. The van der Waals surface area contributed by atoms with E-state index in [1.807, 2.05) is 4.68 Å². The van der Waals surface area contributed by atoms with Crippen molar-refractivity contribution in [1.82, 2.24) is 20.1 Å². The van der Waals surface area contributed by atoms with Crippen LogP contribution in [0.3, 0.4) is 0 Å². The van der Waals surface area contributed by atoms with E-state index in [-0.39, 0.29) is 0 Å². The Morgan fingerprint density at radius 3 is 3.00 bits per heavy atom. The molecule has 0 amide bonds. The normalized spacial score (nSPS) is 25.5. The van der Waals surface area contributed by atoms with Crippen molar-refractivity contribution in [2.75, 3.05) is 13.2 Å². The molecule has 3 atom stereocenters. The largest absolute Gasteiger partial charge is 0.378 e. The Labute approximate surface area is 109 Å². The molecule has 2 rings (SSSR count). The molecule has 1 aromatic heterocycles. The van der Waals surface area contributed by atoms with E-state index in [4.69, 9.17) is 4.74 Å². The molecule has 0 bridgehead atoms. The summed E-state index contributed by atoms with van der Waals surface area (Å²) in [5.41, 5.74) is 0. The van der Waals surface area contributed by atoms with Crippen LogP contribution in [0.5, 0.6) is 0 Å². The van der Waals surface area contributed by atoms with E-state index in [9.17, 15) is 0 Å². The second-order valence-corrected chi connectivity index (χ2v) is 4.89. The molecule has 5 heteroatoms. The monoisotopic (exact) mass is 252 g/mol. The Balaban J connectivity index is 2.06. The van der Waals surface area contributed by atoms with Crippen molar-refractivity contribution in [3.63, 3.8) is 0 Å². The molecule has 1 aromatic rings. The lowest BCUT2D eigenvalue weighted by Crippen LogP contribution is -2.41. The van der Waals surface area contributed by atoms with Gasteiger partial charge in [0.25, 0.3) is 0 Å². The zero-order chi connectivity index (χ0) is 13.0. The van der Waals surface area contributed by atoms with Gasteiger partial charge in [0, 0.05) is 31.5 Å². The first-order chi connectivity index (χ1) is 8.76. The molecule has 2 heterocycles. The SMILES string of the molecule is CCNC(Cc1ncnn1CC)C1CCOC1C. The van der Waals surface area contributed by atoms with Crippen LogP contribution in [0.25, 0.3) is 0 Å². The number of nitrogens with one attached hydrogen (secondary N) is 1. The number of aromatic nitrogens is 3. The van der Waals surface area contributed by atoms with Gasteiger partial charge in [-0.15, -0.1) is 0 Å². The molecule has 1 aliphatic rings. The minimum absolute atomic E-state index is 0.340. The standard InChI is InChI=1S/C13H24N4O/c1-4-14-12(11-6-7-18-10(11)3)8-13-15-9-16-17(13)5-2/h9-12,14H,4-8H2,1-3H3. The van der Waals surface area contributed by atoms with Gasteiger partial charge in [-0.2, -0.15) is 5.10 Å². The van der Waals surface area contributed by atoms with Crippen molar-refractivity contribution in [3.05, 3.63) is 12.2 Å². The van der Waals surface area contributed by atoms with Crippen LogP contribution in [0.15, 0.2) is 6.33 Å². The van der Waals surface area contributed by atoms with Gasteiger partial charge in [-0.3, -0.25) is 4.68 Å². The van der Waals surface area contributed by atoms with Crippen molar-refractivity contribution in [2.24, 2.45) is 5.92 Å². The van der Waals surface area contributed by atoms with Gasteiger partial charge in [-0.1, -0.05) is 6.92 Å². The number of hydrogen-bond acceptors (Lipinski definition) is 4. The highest BCUT2D eigenvalue weighted by atomic mass is 16.5. The Hall–Kier alpha value is -0.940. The Kier molecular flexibility index (Phi) is 4.72. The number of rotatable bonds is 6. The molecule has 0 aliphatic carbocycles. The van der Waals surface area contributed by atoms with Crippen LogP contribution in [-0.2, 0) is 17.7 Å². The van der Waals surface area contributed by atoms with Crippen LogP contribution >= 0.6 is 0 Å². The smallest absolute Gasteiger partial charge is 0.138 e. The lowest BCUT2D eigenvalue weighted by molar-refractivity contribution is 0.0952. The van der Waals surface area contributed by atoms with Crippen LogP contribution in [0.4, 0.5) is 0 Å². The molecule has 1 aliphatic heterocycles. The fourth-order valence-electron chi connectivity index (χ4n) is 2.82. The van der Waals surface area contributed by atoms with Crippen molar-refractivity contribution in [1.29, 1.82) is 0 Å². The Morgan fingerprint density at radius 2 is 2.39 bits per heavy atom. The van der Waals surface area contributed by atoms with E-state index in [1.54, 1.807) is 6.33 Å². The van der Waals surface area contributed by atoms with Gasteiger partial charge in [-0.05, 0) is 26.8 Å². The molecule has 102 valence electrons. The predicted molar refractivity (Wildman–Crippen MR) is 70.4 cm³/mol. The first-order valence-corrected chi connectivity index (χ1v) is 6.97. The van der Waals surface area contributed by atoms with Crippen molar-refractivity contribution in [2.45, 2.75) is 52.3 Å². The molecule has 0 aromatic carbocycles. The first-order valence-electron chi connectivity index (χ1n) is 6.97.